The van der Waals surface area contributed by atoms with E-state index in [2.05, 4.69) is 31.2 Å². The van der Waals surface area contributed by atoms with Crippen molar-refractivity contribution in [1.29, 1.82) is 0 Å². The minimum Gasteiger partial charge on any atom is -0.355 e. The molecule has 2 aromatic rings. The van der Waals surface area contributed by atoms with Crippen molar-refractivity contribution in [3.63, 3.8) is 0 Å². The van der Waals surface area contributed by atoms with Crippen molar-refractivity contribution in [3.05, 3.63) is 17.8 Å². The van der Waals surface area contributed by atoms with Crippen molar-refractivity contribution in [2.75, 3.05) is 31.1 Å². The van der Waals surface area contributed by atoms with Crippen LogP contribution in [-0.2, 0) is 4.79 Å². The van der Waals surface area contributed by atoms with Crippen LogP contribution in [-0.4, -0.2) is 53.0 Å². The van der Waals surface area contributed by atoms with Gasteiger partial charge in [0.2, 0.25) is 5.91 Å². The van der Waals surface area contributed by atoms with Gasteiger partial charge >= 0.3 is 0 Å². The molecule has 1 amide bonds. The van der Waals surface area contributed by atoms with Gasteiger partial charge in [-0.2, -0.15) is 0 Å². The number of aromatic nitrogens is 2. The van der Waals surface area contributed by atoms with Crippen LogP contribution in [0.5, 0.6) is 0 Å². The predicted octanol–water partition coefficient (Wildman–Crippen LogP) is 2.10. The maximum Gasteiger partial charge on any atom is 0.227 e. The molecule has 5 rings (SSSR count). The summed E-state index contributed by atoms with van der Waals surface area (Å²) in [7, 11) is 0. The summed E-state index contributed by atoms with van der Waals surface area (Å²) in [5.41, 5.74) is 6.24. The molecule has 0 bridgehead atoms. The fourth-order valence-corrected chi connectivity index (χ4v) is 5.87. The lowest BCUT2D eigenvalue weighted by Crippen LogP contribution is -2.45. The molecule has 4 heterocycles. The Hall–Kier alpha value is -1.73. The van der Waals surface area contributed by atoms with Gasteiger partial charge in [-0.3, -0.25) is 4.79 Å². The normalized spacial score (nSPS) is 31.6. The van der Waals surface area contributed by atoms with E-state index >= 15 is 0 Å². The molecule has 26 heavy (non-hydrogen) atoms. The summed E-state index contributed by atoms with van der Waals surface area (Å²) < 4.78 is 0. The molecule has 2 saturated heterocycles. The van der Waals surface area contributed by atoms with E-state index in [1.807, 2.05) is 0 Å². The lowest BCUT2D eigenvalue weighted by Gasteiger charge is -2.35. The zero-order valence-electron chi connectivity index (χ0n) is 14.9. The fourth-order valence-electron chi connectivity index (χ4n) is 5.15. The first-order chi connectivity index (χ1) is 12.7. The molecular weight excluding hydrogens is 346 g/mol. The van der Waals surface area contributed by atoms with E-state index in [1.54, 1.807) is 17.7 Å². The Morgan fingerprint density at radius 1 is 1.19 bits per heavy atom. The van der Waals surface area contributed by atoms with E-state index in [-0.39, 0.29) is 12.0 Å². The quantitative estimate of drug-likeness (QED) is 0.875. The molecular formula is C19H25N5OS. The lowest BCUT2D eigenvalue weighted by molar-refractivity contribution is -0.135. The highest BCUT2D eigenvalue weighted by Crippen LogP contribution is 2.38. The zero-order chi connectivity index (χ0) is 17.7. The molecule has 2 aromatic heterocycles. The molecule has 7 heteroatoms. The molecule has 0 spiro atoms. The summed E-state index contributed by atoms with van der Waals surface area (Å²) in [6.45, 7) is 3.50. The number of carbonyl (C=O) groups is 1. The van der Waals surface area contributed by atoms with E-state index < -0.39 is 0 Å². The van der Waals surface area contributed by atoms with E-state index in [0.29, 0.717) is 17.7 Å². The van der Waals surface area contributed by atoms with Gasteiger partial charge in [0.1, 0.15) is 17.0 Å². The number of hydrogen-bond donors (Lipinski definition) is 1. The second kappa shape index (κ2) is 6.46. The van der Waals surface area contributed by atoms with Crippen LogP contribution in [0.1, 0.15) is 25.7 Å². The van der Waals surface area contributed by atoms with Crippen molar-refractivity contribution in [3.8, 4) is 0 Å². The first-order valence-corrected chi connectivity index (χ1v) is 10.6. The Labute approximate surface area is 157 Å². The van der Waals surface area contributed by atoms with Crippen LogP contribution in [0, 0.1) is 17.8 Å². The van der Waals surface area contributed by atoms with Crippen molar-refractivity contribution in [1.82, 2.24) is 14.9 Å². The summed E-state index contributed by atoms with van der Waals surface area (Å²) in [4.78, 5) is 27.4. The van der Waals surface area contributed by atoms with Gasteiger partial charge in [0.25, 0.3) is 0 Å². The van der Waals surface area contributed by atoms with Crippen LogP contribution in [0.4, 0.5) is 5.82 Å². The summed E-state index contributed by atoms with van der Waals surface area (Å²) in [6.07, 6.45) is 5.96. The second-order valence-corrected chi connectivity index (χ2v) is 8.92. The third-order valence-corrected chi connectivity index (χ3v) is 7.36. The Morgan fingerprint density at radius 2 is 2.12 bits per heavy atom. The predicted molar refractivity (Wildman–Crippen MR) is 103 cm³/mol. The molecule has 0 aromatic carbocycles. The molecule has 1 aliphatic carbocycles. The standard InChI is InChI=1S/C19H25N5OS/c20-16-4-3-12-8-24(10-15(12)16)19(25)13-2-1-6-23(9-13)17-14-5-7-26-18(14)22-11-21-17/h5,7,11-13,15-16H,1-4,6,8-10,20H2. The van der Waals surface area contributed by atoms with E-state index in [4.69, 9.17) is 5.73 Å². The molecule has 1 saturated carbocycles. The average Bonchev–Trinajstić information content (AvgIpc) is 3.38. The molecule has 6 nitrogen and oxygen atoms in total. The Bertz CT molecular complexity index is 823. The summed E-state index contributed by atoms with van der Waals surface area (Å²) in [6, 6.07) is 2.37. The number of piperidine rings is 1. The number of fused-ring (bicyclic) bond motifs is 2. The molecule has 3 aliphatic rings. The van der Waals surface area contributed by atoms with Gasteiger partial charge < -0.3 is 15.5 Å². The van der Waals surface area contributed by atoms with E-state index in [9.17, 15) is 4.79 Å². The van der Waals surface area contributed by atoms with Gasteiger partial charge in [-0.25, -0.2) is 9.97 Å². The largest absolute Gasteiger partial charge is 0.355 e. The van der Waals surface area contributed by atoms with Crippen molar-refractivity contribution < 1.29 is 4.79 Å². The van der Waals surface area contributed by atoms with Crippen LogP contribution >= 0.6 is 11.3 Å². The van der Waals surface area contributed by atoms with Crippen LogP contribution in [0.2, 0.25) is 0 Å². The zero-order valence-corrected chi connectivity index (χ0v) is 15.7. The third kappa shape index (κ3) is 2.68. The Kier molecular flexibility index (Phi) is 4.09. The van der Waals surface area contributed by atoms with Crippen molar-refractivity contribution in [2.45, 2.75) is 31.7 Å². The van der Waals surface area contributed by atoms with Gasteiger partial charge in [-0.15, -0.1) is 11.3 Å². The number of hydrogen-bond acceptors (Lipinski definition) is 6. The van der Waals surface area contributed by atoms with Crippen LogP contribution < -0.4 is 10.6 Å². The third-order valence-electron chi connectivity index (χ3n) is 6.53. The molecule has 138 valence electrons. The number of anilines is 1. The highest BCUT2D eigenvalue weighted by molar-refractivity contribution is 7.16. The first kappa shape index (κ1) is 16.4. The minimum absolute atomic E-state index is 0.0717. The molecule has 0 radical (unpaired) electrons. The van der Waals surface area contributed by atoms with Crippen LogP contribution in [0.3, 0.4) is 0 Å². The summed E-state index contributed by atoms with van der Waals surface area (Å²) >= 11 is 1.64. The summed E-state index contributed by atoms with van der Waals surface area (Å²) in [5, 5.41) is 3.16. The number of rotatable bonds is 2. The number of carbonyl (C=O) groups excluding carboxylic acids is 1. The minimum atomic E-state index is 0.0717. The van der Waals surface area contributed by atoms with Gasteiger partial charge in [0.15, 0.2) is 0 Å². The van der Waals surface area contributed by atoms with Gasteiger partial charge in [-0.1, -0.05) is 0 Å². The fraction of sp³-hybridized carbons (Fsp3) is 0.632. The number of nitrogens with zero attached hydrogens (tertiary/aromatic N) is 4. The number of nitrogens with two attached hydrogens (primary N) is 1. The number of likely N-dealkylation sites (tertiary alicyclic amines) is 1. The highest BCUT2D eigenvalue weighted by Gasteiger charge is 2.44. The van der Waals surface area contributed by atoms with E-state index in [1.165, 1.54) is 6.42 Å². The van der Waals surface area contributed by atoms with Crippen molar-refractivity contribution in [2.24, 2.45) is 23.5 Å². The van der Waals surface area contributed by atoms with Gasteiger partial charge in [-0.05, 0) is 49.0 Å². The molecule has 4 atom stereocenters. The molecule has 4 unspecified atom stereocenters. The second-order valence-electron chi connectivity index (χ2n) is 8.03. The number of thiophene rings is 1. The Morgan fingerprint density at radius 3 is 3.00 bits per heavy atom. The smallest absolute Gasteiger partial charge is 0.227 e. The SMILES string of the molecule is NC1CCC2CN(C(=O)C3CCCN(c4ncnc5sccc45)C3)CC12. The molecule has 2 N–H and O–H groups in total. The lowest BCUT2D eigenvalue weighted by atomic mass is 9.96. The first-order valence-electron chi connectivity index (χ1n) is 9.68. The maximum absolute atomic E-state index is 13.2. The van der Waals surface area contributed by atoms with Gasteiger partial charge in [0.05, 0.1) is 11.3 Å². The summed E-state index contributed by atoms with van der Waals surface area (Å²) in [5.74, 6) is 2.52. The average molecular weight is 372 g/mol. The molecule has 3 fully saturated rings. The van der Waals surface area contributed by atoms with Gasteiger partial charge in [0, 0.05) is 32.2 Å². The van der Waals surface area contributed by atoms with E-state index in [0.717, 1.165) is 61.5 Å². The monoisotopic (exact) mass is 371 g/mol. The van der Waals surface area contributed by atoms with Crippen LogP contribution in [0.25, 0.3) is 10.2 Å². The molecule has 2 aliphatic heterocycles. The maximum atomic E-state index is 13.2. The topological polar surface area (TPSA) is 75.3 Å². The number of amides is 1. The highest BCUT2D eigenvalue weighted by atomic mass is 32.1. The van der Waals surface area contributed by atoms with Crippen LogP contribution in [0.15, 0.2) is 17.8 Å². The Balaban J connectivity index is 1.32. The van der Waals surface area contributed by atoms with Crippen molar-refractivity contribution >= 4 is 33.3 Å².